The second-order valence-corrected chi connectivity index (χ2v) is 5.74. The topological polar surface area (TPSA) is 90.4 Å². The van der Waals surface area contributed by atoms with Crippen LogP contribution in [0.4, 0.5) is 5.69 Å². The number of hydrogen-bond acceptors (Lipinski definition) is 5. The van der Waals surface area contributed by atoms with Gasteiger partial charge in [-0.1, -0.05) is 17.7 Å². The lowest BCUT2D eigenvalue weighted by atomic mass is 10.2. The summed E-state index contributed by atoms with van der Waals surface area (Å²) in [5, 5.41) is 0.638. The first-order valence-electron chi connectivity index (χ1n) is 5.94. The summed E-state index contributed by atoms with van der Waals surface area (Å²) >= 11 is 7.64. The van der Waals surface area contributed by atoms with Crippen LogP contribution in [0.5, 0.6) is 0 Å². The molecular weight excluding hydrogens is 286 g/mol. The molecule has 104 valence electrons. The Hall–Kier alpha value is -0.950. The summed E-state index contributed by atoms with van der Waals surface area (Å²) in [5.41, 5.74) is 8.64. The zero-order valence-corrected chi connectivity index (χ0v) is 11.8. The maximum Gasteiger partial charge on any atom is 0.263 e. The number of anilines is 1. The van der Waals surface area contributed by atoms with Crippen LogP contribution >= 0.6 is 23.4 Å². The van der Waals surface area contributed by atoms with Crippen molar-refractivity contribution in [3.05, 3.63) is 23.2 Å². The number of ether oxygens (including phenoxy) is 1. The second-order valence-electron chi connectivity index (χ2n) is 4.30. The highest BCUT2D eigenvalue weighted by Gasteiger charge is 2.30. The zero-order valence-electron chi connectivity index (χ0n) is 10.3. The summed E-state index contributed by atoms with van der Waals surface area (Å²) in [5.74, 6) is 5.52. The molecule has 7 heteroatoms. The first kappa shape index (κ1) is 14.5. The van der Waals surface area contributed by atoms with Gasteiger partial charge in [-0.3, -0.25) is 10.2 Å². The largest absolute Gasteiger partial charge is 0.398 e. The number of thioether (sulfide) groups is 1. The minimum atomic E-state index is -0.445. The van der Waals surface area contributed by atoms with Crippen LogP contribution in [0.25, 0.3) is 0 Å². The van der Waals surface area contributed by atoms with Crippen molar-refractivity contribution >= 4 is 35.0 Å². The molecule has 1 aromatic carbocycles. The fourth-order valence-electron chi connectivity index (χ4n) is 1.97. The van der Waals surface area contributed by atoms with Gasteiger partial charge in [0.05, 0.1) is 11.1 Å². The monoisotopic (exact) mass is 301 g/mol. The van der Waals surface area contributed by atoms with Gasteiger partial charge in [-0.15, -0.1) is 11.8 Å². The van der Waals surface area contributed by atoms with Gasteiger partial charge in [0, 0.05) is 16.3 Å². The summed E-state index contributed by atoms with van der Waals surface area (Å²) in [6.07, 6.45) is 1.09. The van der Waals surface area contributed by atoms with E-state index in [0.29, 0.717) is 22.9 Å². The van der Waals surface area contributed by atoms with Crippen LogP contribution < -0.4 is 17.0 Å². The van der Waals surface area contributed by atoms with Crippen molar-refractivity contribution in [2.45, 2.75) is 29.9 Å². The lowest BCUT2D eigenvalue weighted by molar-refractivity contribution is -0.131. The number of carbonyl (C=O) groups is 1. The molecule has 1 saturated heterocycles. The van der Waals surface area contributed by atoms with Crippen molar-refractivity contribution in [3.63, 3.8) is 0 Å². The third kappa shape index (κ3) is 3.54. The molecular formula is C12H16ClN3O2S. The first-order chi connectivity index (χ1) is 9.11. The van der Waals surface area contributed by atoms with E-state index in [1.165, 1.54) is 0 Å². The molecule has 0 aliphatic carbocycles. The SMILES string of the molecule is NNC(=O)C1CCC(CSc2c(N)cccc2Cl)O1. The molecule has 2 rings (SSSR count). The maximum absolute atomic E-state index is 11.3. The smallest absolute Gasteiger partial charge is 0.263 e. The lowest BCUT2D eigenvalue weighted by Crippen LogP contribution is -2.39. The molecule has 0 spiro atoms. The van der Waals surface area contributed by atoms with Crippen molar-refractivity contribution in [1.29, 1.82) is 0 Å². The summed E-state index contributed by atoms with van der Waals surface area (Å²) in [6.45, 7) is 0. The minimum Gasteiger partial charge on any atom is -0.398 e. The molecule has 2 atom stereocenters. The highest BCUT2D eigenvalue weighted by atomic mass is 35.5. The standard InChI is InChI=1S/C12H16ClN3O2S/c13-8-2-1-3-9(14)11(8)19-6-7-4-5-10(18-7)12(17)16-15/h1-3,7,10H,4-6,14-15H2,(H,16,17). The average molecular weight is 302 g/mol. The van der Waals surface area contributed by atoms with Gasteiger partial charge in [0.15, 0.2) is 0 Å². The van der Waals surface area contributed by atoms with Gasteiger partial charge in [-0.05, 0) is 25.0 Å². The van der Waals surface area contributed by atoms with Gasteiger partial charge < -0.3 is 10.5 Å². The molecule has 1 amide bonds. The van der Waals surface area contributed by atoms with E-state index in [1.54, 1.807) is 17.8 Å². The van der Waals surface area contributed by atoms with Gasteiger partial charge in [0.1, 0.15) is 6.10 Å². The van der Waals surface area contributed by atoms with Gasteiger partial charge in [-0.25, -0.2) is 5.84 Å². The summed E-state index contributed by atoms with van der Waals surface area (Å²) in [7, 11) is 0. The Kier molecular flexibility index (Phi) is 4.93. The van der Waals surface area contributed by atoms with Gasteiger partial charge in [0.2, 0.25) is 0 Å². The van der Waals surface area contributed by atoms with Gasteiger partial charge >= 0.3 is 0 Å². The van der Waals surface area contributed by atoms with Crippen LogP contribution in [-0.4, -0.2) is 23.9 Å². The number of halogens is 1. The first-order valence-corrected chi connectivity index (χ1v) is 7.31. The number of hydrazine groups is 1. The third-order valence-electron chi connectivity index (χ3n) is 2.95. The molecule has 0 aromatic heterocycles. The fourth-order valence-corrected chi connectivity index (χ4v) is 3.35. The Morgan fingerprint density at radius 2 is 2.32 bits per heavy atom. The summed E-state index contributed by atoms with van der Waals surface area (Å²) in [6, 6.07) is 5.43. The molecule has 5 N–H and O–H groups in total. The van der Waals surface area contributed by atoms with E-state index < -0.39 is 6.10 Å². The number of hydrogen-bond donors (Lipinski definition) is 3. The van der Waals surface area contributed by atoms with E-state index >= 15 is 0 Å². The Morgan fingerprint density at radius 3 is 3.00 bits per heavy atom. The van der Waals surface area contributed by atoms with Crippen molar-refractivity contribution in [3.8, 4) is 0 Å². The van der Waals surface area contributed by atoms with Gasteiger partial charge in [0.25, 0.3) is 5.91 Å². The van der Waals surface area contributed by atoms with E-state index in [1.807, 2.05) is 12.1 Å². The summed E-state index contributed by atoms with van der Waals surface area (Å²) < 4.78 is 5.62. The van der Waals surface area contributed by atoms with Crippen molar-refractivity contribution in [1.82, 2.24) is 5.43 Å². The molecule has 1 aliphatic rings. The molecule has 0 bridgehead atoms. The maximum atomic E-state index is 11.3. The van der Waals surface area contributed by atoms with Crippen LogP contribution in [0.15, 0.2) is 23.1 Å². The van der Waals surface area contributed by atoms with Crippen LogP contribution in [0.1, 0.15) is 12.8 Å². The van der Waals surface area contributed by atoms with E-state index in [4.69, 9.17) is 27.9 Å². The number of rotatable bonds is 4. The second kappa shape index (κ2) is 6.47. The zero-order chi connectivity index (χ0) is 13.8. The van der Waals surface area contributed by atoms with E-state index in [9.17, 15) is 4.79 Å². The molecule has 2 unspecified atom stereocenters. The highest BCUT2D eigenvalue weighted by Crippen LogP contribution is 2.34. The molecule has 19 heavy (non-hydrogen) atoms. The van der Waals surface area contributed by atoms with Crippen molar-refractivity contribution in [2.24, 2.45) is 5.84 Å². The molecule has 0 radical (unpaired) electrons. The van der Waals surface area contributed by atoms with Crippen molar-refractivity contribution < 1.29 is 9.53 Å². The quantitative estimate of drug-likeness (QED) is 0.258. The number of benzene rings is 1. The molecule has 1 aromatic rings. The van der Waals surface area contributed by atoms with E-state index in [-0.39, 0.29) is 12.0 Å². The van der Waals surface area contributed by atoms with Crippen LogP contribution in [-0.2, 0) is 9.53 Å². The number of amides is 1. The number of nitrogens with two attached hydrogens (primary N) is 2. The summed E-state index contributed by atoms with van der Waals surface area (Å²) in [4.78, 5) is 12.2. The molecule has 1 heterocycles. The molecule has 0 saturated carbocycles. The van der Waals surface area contributed by atoms with E-state index in [0.717, 1.165) is 11.3 Å². The predicted molar refractivity (Wildman–Crippen MR) is 76.8 cm³/mol. The van der Waals surface area contributed by atoms with Crippen LogP contribution in [0.2, 0.25) is 5.02 Å². The Morgan fingerprint density at radius 1 is 1.53 bits per heavy atom. The predicted octanol–water partition coefficient (Wildman–Crippen LogP) is 1.55. The Balaban J connectivity index is 1.89. The third-order valence-corrected chi connectivity index (χ3v) is 4.66. The van der Waals surface area contributed by atoms with E-state index in [2.05, 4.69) is 5.43 Å². The van der Waals surface area contributed by atoms with Gasteiger partial charge in [-0.2, -0.15) is 0 Å². The molecule has 5 nitrogen and oxygen atoms in total. The van der Waals surface area contributed by atoms with Crippen LogP contribution in [0.3, 0.4) is 0 Å². The number of nitrogens with one attached hydrogen (secondary N) is 1. The highest BCUT2D eigenvalue weighted by molar-refractivity contribution is 7.99. The molecule has 1 fully saturated rings. The average Bonchev–Trinajstić information content (AvgIpc) is 2.86. The minimum absolute atomic E-state index is 0.0166. The van der Waals surface area contributed by atoms with Crippen molar-refractivity contribution in [2.75, 3.05) is 11.5 Å². The Bertz CT molecular complexity index is 452. The Labute approximate surface area is 121 Å². The lowest BCUT2D eigenvalue weighted by Gasteiger charge is -2.13. The number of carbonyl (C=O) groups excluding carboxylic acids is 1. The number of nitrogen functional groups attached to an aromatic ring is 1. The fraction of sp³-hybridized carbons (Fsp3) is 0.417. The normalized spacial score (nSPS) is 22.4. The van der Waals surface area contributed by atoms with Crippen LogP contribution in [0, 0.1) is 0 Å². The molecule has 1 aliphatic heterocycles.